The summed E-state index contributed by atoms with van der Waals surface area (Å²) < 4.78 is 12.6. The van der Waals surface area contributed by atoms with E-state index >= 15 is 0 Å². The monoisotopic (exact) mass is 318 g/mol. The maximum absolute atomic E-state index is 12.6. The molecule has 0 aromatic carbocycles. The third-order valence-electron chi connectivity index (χ3n) is 4.30. The number of nitrogens with one attached hydrogen (secondary N) is 1. The second kappa shape index (κ2) is 6.95. The molecule has 1 aliphatic heterocycles. The number of rotatable bonds is 5. The average molecular weight is 318 g/mol. The lowest BCUT2D eigenvalue weighted by atomic mass is 9.91. The maximum Gasteiger partial charge on any atom is 0.249 e. The number of hydrogen-bond acceptors (Lipinski definition) is 5. The summed E-state index contributed by atoms with van der Waals surface area (Å²) in [4.78, 5) is 16.9. The fourth-order valence-corrected chi connectivity index (χ4v) is 2.89. The largest absolute Gasteiger partial charge is 0.381 e. The van der Waals surface area contributed by atoms with Crippen LogP contribution in [0.2, 0.25) is 0 Å². The molecule has 3 rings (SSSR count). The Bertz CT molecular complexity index is 632. The van der Waals surface area contributed by atoms with Crippen LogP contribution in [-0.4, -0.2) is 33.8 Å². The standard InChI is InChI=1S/C16H22N4O3/c1-11(20-7-3-4-8-20)15(21)18-14(13-5-9-22-10-6-13)16-17-12(2)19-23-16/h3-4,7-8,11,13-14H,5-6,9-10H2,1-2H3,(H,18,21)/t11-,14-/m1/s1. The van der Waals surface area contributed by atoms with Crippen molar-refractivity contribution in [3.8, 4) is 0 Å². The van der Waals surface area contributed by atoms with Gasteiger partial charge in [-0.05, 0) is 44.7 Å². The van der Waals surface area contributed by atoms with Gasteiger partial charge in [0, 0.05) is 25.6 Å². The van der Waals surface area contributed by atoms with Crippen molar-refractivity contribution in [2.24, 2.45) is 5.92 Å². The molecular formula is C16H22N4O3. The number of carbonyl (C=O) groups is 1. The molecule has 2 aromatic rings. The Morgan fingerprint density at radius 3 is 2.65 bits per heavy atom. The third kappa shape index (κ3) is 3.61. The molecule has 1 fully saturated rings. The van der Waals surface area contributed by atoms with Crippen LogP contribution < -0.4 is 5.32 Å². The molecule has 1 amide bonds. The number of hydrogen-bond donors (Lipinski definition) is 1. The lowest BCUT2D eigenvalue weighted by Gasteiger charge is -2.29. The van der Waals surface area contributed by atoms with E-state index in [0.29, 0.717) is 24.9 Å². The highest BCUT2D eigenvalue weighted by atomic mass is 16.5. The van der Waals surface area contributed by atoms with Crippen molar-refractivity contribution in [1.29, 1.82) is 0 Å². The predicted molar refractivity (Wildman–Crippen MR) is 82.6 cm³/mol. The van der Waals surface area contributed by atoms with Gasteiger partial charge in [0.15, 0.2) is 5.82 Å². The van der Waals surface area contributed by atoms with E-state index < -0.39 is 0 Å². The summed E-state index contributed by atoms with van der Waals surface area (Å²) in [5, 5.41) is 6.95. The SMILES string of the molecule is Cc1noc([C@H](NC(=O)[C@@H](C)n2cccc2)C2CCOCC2)n1. The molecule has 0 aliphatic carbocycles. The minimum atomic E-state index is -0.295. The van der Waals surface area contributed by atoms with Gasteiger partial charge in [0.2, 0.25) is 11.8 Å². The van der Waals surface area contributed by atoms with E-state index in [4.69, 9.17) is 9.26 Å². The molecule has 124 valence electrons. The first kappa shape index (κ1) is 15.7. The summed E-state index contributed by atoms with van der Waals surface area (Å²) >= 11 is 0. The summed E-state index contributed by atoms with van der Waals surface area (Å²) in [5.41, 5.74) is 0. The first-order valence-corrected chi connectivity index (χ1v) is 7.96. The Labute approximate surface area is 135 Å². The predicted octanol–water partition coefficient (Wildman–Crippen LogP) is 2.02. The van der Waals surface area contributed by atoms with E-state index in [1.807, 2.05) is 36.0 Å². The summed E-state index contributed by atoms with van der Waals surface area (Å²) in [6.07, 6.45) is 5.49. The first-order valence-electron chi connectivity index (χ1n) is 7.96. The van der Waals surface area contributed by atoms with Crippen LogP contribution in [-0.2, 0) is 9.53 Å². The second-order valence-corrected chi connectivity index (χ2v) is 5.92. The van der Waals surface area contributed by atoms with Crippen molar-refractivity contribution < 1.29 is 14.1 Å². The number of carbonyl (C=O) groups excluding carboxylic acids is 1. The zero-order valence-corrected chi connectivity index (χ0v) is 13.4. The quantitative estimate of drug-likeness (QED) is 0.912. The lowest BCUT2D eigenvalue weighted by Crippen LogP contribution is -2.39. The second-order valence-electron chi connectivity index (χ2n) is 5.92. The molecular weight excluding hydrogens is 296 g/mol. The summed E-state index contributed by atoms with van der Waals surface area (Å²) in [7, 11) is 0. The molecule has 7 nitrogen and oxygen atoms in total. The highest BCUT2D eigenvalue weighted by molar-refractivity contribution is 5.80. The average Bonchev–Trinajstić information content (AvgIpc) is 3.24. The van der Waals surface area contributed by atoms with Crippen molar-refractivity contribution in [2.75, 3.05) is 13.2 Å². The third-order valence-corrected chi connectivity index (χ3v) is 4.30. The van der Waals surface area contributed by atoms with Crippen LogP contribution in [0.5, 0.6) is 0 Å². The van der Waals surface area contributed by atoms with Crippen molar-refractivity contribution in [2.45, 2.75) is 38.8 Å². The zero-order chi connectivity index (χ0) is 16.2. The van der Waals surface area contributed by atoms with Crippen LogP contribution in [0.4, 0.5) is 0 Å². The van der Waals surface area contributed by atoms with Crippen LogP contribution >= 0.6 is 0 Å². The van der Waals surface area contributed by atoms with Gasteiger partial charge < -0.3 is 19.1 Å². The highest BCUT2D eigenvalue weighted by Crippen LogP contribution is 2.29. The Hall–Kier alpha value is -2.15. The number of aryl methyl sites for hydroxylation is 1. The van der Waals surface area contributed by atoms with Crippen LogP contribution in [0.15, 0.2) is 29.0 Å². The molecule has 0 spiro atoms. The molecule has 1 saturated heterocycles. The van der Waals surface area contributed by atoms with E-state index in [-0.39, 0.29) is 23.9 Å². The molecule has 7 heteroatoms. The maximum atomic E-state index is 12.6. The smallest absolute Gasteiger partial charge is 0.249 e. The van der Waals surface area contributed by atoms with Gasteiger partial charge in [0.05, 0.1) is 0 Å². The van der Waals surface area contributed by atoms with Crippen LogP contribution in [0.1, 0.15) is 43.6 Å². The topological polar surface area (TPSA) is 82.2 Å². The molecule has 0 saturated carbocycles. The van der Waals surface area contributed by atoms with E-state index in [1.54, 1.807) is 6.92 Å². The Kier molecular flexibility index (Phi) is 4.76. The van der Waals surface area contributed by atoms with Crippen LogP contribution in [0.25, 0.3) is 0 Å². The Balaban J connectivity index is 1.76. The van der Waals surface area contributed by atoms with Crippen molar-refractivity contribution >= 4 is 5.91 Å². The zero-order valence-electron chi connectivity index (χ0n) is 13.4. The molecule has 0 bridgehead atoms. The number of nitrogens with zero attached hydrogens (tertiary/aromatic N) is 3. The molecule has 1 N–H and O–H groups in total. The van der Waals surface area contributed by atoms with Gasteiger partial charge in [-0.3, -0.25) is 4.79 Å². The fraction of sp³-hybridized carbons (Fsp3) is 0.562. The Morgan fingerprint density at radius 2 is 2.04 bits per heavy atom. The highest BCUT2D eigenvalue weighted by Gasteiger charge is 2.32. The first-order chi connectivity index (χ1) is 11.1. The summed E-state index contributed by atoms with van der Waals surface area (Å²) in [6, 6.07) is 3.24. The number of amides is 1. The number of aromatic nitrogens is 3. The van der Waals surface area contributed by atoms with Gasteiger partial charge >= 0.3 is 0 Å². The summed E-state index contributed by atoms with van der Waals surface area (Å²) in [5.74, 6) is 1.23. The lowest BCUT2D eigenvalue weighted by molar-refractivity contribution is -0.125. The van der Waals surface area contributed by atoms with E-state index in [2.05, 4.69) is 15.5 Å². The van der Waals surface area contributed by atoms with Gasteiger partial charge in [0.1, 0.15) is 12.1 Å². The molecule has 2 aromatic heterocycles. The minimum Gasteiger partial charge on any atom is -0.381 e. The van der Waals surface area contributed by atoms with Crippen molar-refractivity contribution in [3.05, 3.63) is 36.2 Å². The molecule has 0 radical (unpaired) electrons. The normalized spacial score (nSPS) is 18.5. The van der Waals surface area contributed by atoms with E-state index in [9.17, 15) is 4.79 Å². The van der Waals surface area contributed by atoms with Gasteiger partial charge in [-0.1, -0.05) is 5.16 Å². The van der Waals surface area contributed by atoms with Crippen LogP contribution in [0.3, 0.4) is 0 Å². The minimum absolute atomic E-state index is 0.0615. The van der Waals surface area contributed by atoms with Gasteiger partial charge in [-0.25, -0.2) is 0 Å². The fourth-order valence-electron chi connectivity index (χ4n) is 2.89. The molecule has 3 heterocycles. The number of ether oxygens (including phenoxy) is 1. The van der Waals surface area contributed by atoms with Crippen molar-refractivity contribution in [1.82, 2.24) is 20.0 Å². The van der Waals surface area contributed by atoms with Gasteiger partial charge in [-0.2, -0.15) is 4.98 Å². The molecule has 0 unspecified atom stereocenters. The molecule has 23 heavy (non-hydrogen) atoms. The Morgan fingerprint density at radius 1 is 1.35 bits per heavy atom. The van der Waals surface area contributed by atoms with E-state index in [1.165, 1.54) is 0 Å². The van der Waals surface area contributed by atoms with Crippen LogP contribution in [0, 0.1) is 12.8 Å². The van der Waals surface area contributed by atoms with Gasteiger partial charge in [-0.15, -0.1) is 0 Å². The van der Waals surface area contributed by atoms with Crippen molar-refractivity contribution in [3.63, 3.8) is 0 Å². The van der Waals surface area contributed by atoms with E-state index in [0.717, 1.165) is 12.8 Å². The molecule has 1 aliphatic rings. The summed E-state index contributed by atoms with van der Waals surface area (Å²) in [6.45, 7) is 5.03. The molecule has 2 atom stereocenters. The van der Waals surface area contributed by atoms with Gasteiger partial charge in [0.25, 0.3) is 0 Å².